The minimum Gasteiger partial charge on any atom is -0.314 e. The first kappa shape index (κ1) is 10.6. The van der Waals surface area contributed by atoms with Crippen LogP contribution < -0.4 is 5.32 Å². The summed E-state index contributed by atoms with van der Waals surface area (Å²) in [5.41, 5.74) is -0.415. The molecule has 0 amide bonds. The van der Waals surface area contributed by atoms with E-state index in [1.165, 1.54) is 6.42 Å². The minimum atomic E-state index is -1.21. The van der Waals surface area contributed by atoms with Crippen molar-refractivity contribution in [2.45, 2.75) is 37.9 Å². The second-order valence-electron chi connectivity index (χ2n) is 4.56. The van der Waals surface area contributed by atoms with Crippen molar-refractivity contribution in [1.82, 2.24) is 5.32 Å². The van der Waals surface area contributed by atoms with Crippen LogP contribution in [0.15, 0.2) is 30.3 Å². The maximum Gasteiger partial charge on any atom is 0.134 e. The smallest absolute Gasteiger partial charge is 0.134 e. The molecule has 0 spiro atoms. The number of halogens is 1. The summed E-state index contributed by atoms with van der Waals surface area (Å²) in [6.45, 7) is 2.72. The number of hydrogen-bond donors (Lipinski definition) is 1. The summed E-state index contributed by atoms with van der Waals surface area (Å²) in [6, 6.07) is 9.81. The summed E-state index contributed by atoms with van der Waals surface area (Å²) >= 11 is 0. The third-order valence-electron chi connectivity index (χ3n) is 3.17. The molecule has 1 nitrogen and oxygen atoms in total. The van der Waals surface area contributed by atoms with Crippen LogP contribution in [0, 0.1) is 0 Å². The molecule has 1 aliphatic rings. The summed E-state index contributed by atoms with van der Waals surface area (Å²) in [7, 11) is 0. The first-order chi connectivity index (χ1) is 7.18. The maximum atomic E-state index is 14.4. The summed E-state index contributed by atoms with van der Waals surface area (Å²) < 4.78 is 14.4. The van der Waals surface area contributed by atoms with Gasteiger partial charge in [0, 0.05) is 12.5 Å². The van der Waals surface area contributed by atoms with E-state index < -0.39 is 5.67 Å². The third-order valence-corrected chi connectivity index (χ3v) is 3.17. The minimum absolute atomic E-state index is 0.347. The van der Waals surface area contributed by atoms with Crippen molar-refractivity contribution in [3.8, 4) is 0 Å². The van der Waals surface area contributed by atoms with Crippen LogP contribution in [-0.4, -0.2) is 12.6 Å². The van der Waals surface area contributed by atoms with Gasteiger partial charge in [-0.3, -0.25) is 0 Å². The van der Waals surface area contributed by atoms with Crippen molar-refractivity contribution < 1.29 is 4.39 Å². The lowest BCUT2D eigenvalue weighted by atomic mass is 9.90. The predicted octanol–water partition coefficient (Wildman–Crippen LogP) is 3.01. The highest BCUT2D eigenvalue weighted by Crippen LogP contribution is 2.32. The number of benzene rings is 1. The molecule has 0 radical (unpaired) electrons. The molecule has 1 aromatic rings. The molecule has 0 aromatic heterocycles. The Bertz CT molecular complexity index is 302. The molecular formula is C13H18FN. The molecule has 1 aromatic carbocycles. The summed E-state index contributed by atoms with van der Waals surface area (Å²) in [4.78, 5) is 0. The number of alkyl halides is 1. The zero-order chi connectivity index (χ0) is 10.7. The number of rotatable bonds is 3. The van der Waals surface area contributed by atoms with Crippen molar-refractivity contribution >= 4 is 0 Å². The van der Waals surface area contributed by atoms with E-state index >= 15 is 0 Å². The molecule has 15 heavy (non-hydrogen) atoms. The topological polar surface area (TPSA) is 12.0 Å². The van der Waals surface area contributed by atoms with Gasteiger partial charge in [-0.25, -0.2) is 4.39 Å². The lowest BCUT2D eigenvalue weighted by molar-refractivity contribution is 0.159. The molecule has 2 heteroatoms. The Labute approximate surface area is 90.7 Å². The number of nitrogens with one attached hydrogen (secondary N) is 1. The van der Waals surface area contributed by atoms with Crippen LogP contribution in [0.2, 0.25) is 0 Å². The highest BCUT2D eigenvalue weighted by atomic mass is 19.1. The van der Waals surface area contributed by atoms with Gasteiger partial charge in [-0.05, 0) is 31.9 Å². The molecule has 2 atom stereocenters. The summed E-state index contributed by atoms with van der Waals surface area (Å²) in [6.07, 6.45) is 2.86. The van der Waals surface area contributed by atoms with E-state index in [1.54, 1.807) is 6.92 Å². The van der Waals surface area contributed by atoms with Crippen molar-refractivity contribution in [1.29, 1.82) is 0 Å². The van der Waals surface area contributed by atoms with Crippen LogP contribution in [-0.2, 0) is 5.67 Å². The lowest BCUT2D eigenvalue weighted by Gasteiger charge is -2.24. The van der Waals surface area contributed by atoms with Gasteiger partial charge in [0.15, 0.2) is 0 Å². The van der Waals surface area contributed by atoms with Crippen molar-refractivity contribution in [3.05, 3.63) is 35.9 Å². The normalized spacial score (nSPS) is 25.1. The van der Waals surface area contributed by atoms with Gasteiger partial charge >= 0.3 is 0 Å². The van der Waals surface area contributed by atoms with Gasteiger partial charge in [0.25, 0.3) is 0 Å². The molecule has 1 heterocycles. The molecule has 1 fully saturated rings. The summed E-state index contributed by atoms with van der Waals surface area (Å²) in [5, 5.41) is 3.34. The average Bonchev–Trinajstić information content (AvgIpc) is 2.71. The lowest BCUT2D eigenvalue weighted by Crippen LogP contribution is -2.29. The fourth-order valence-electron chi connectivity index (χ4n) is 2.30. The van der Waals surface area contributed by atoms with E-state index in [9.17, 15) is 4.39 Å². The van der Waals surface area contributed by atoms with Crippen LogP contribution in [0.3, 0.4) is 0 Å². The van der Waals surface area contributed by atoms with Crippen LogP contribution in [0.25, 0.3) is 0 Å². The van der Waals surface area contributed by atoms with Crippen molar-refractivity contribution in [2.75, 3.05) is 6.54 Å². The van der Waals surface area contributed by atoms with Crippen LogP contribution in [0.5, 0.6) is 0 Å². The first-order valence-electron chi connectivity index (χ1n) is 5.66. The molecular weight excluding hydrogens is 189 g/mol. The Morgan fingerprint density at radius 1 is 1.40 bits per heavy atom. The second kappa shape index (κ2) is 4.31. The first-order valence-corrected chi connectivity index (χ1v) is 5.66. The number of hydrogen-bond acceptors (Lipinski definition) is 1. The molecule has 1 aliphatic heterocycles. The second-order valence-corrected chi connectivity index (χ2v) is 4.56. The standard InChI is InChI=1S/C13H18FN/c1-13(14,10-12-8-5-9-15-12)11-6-3-2-4-7-11/h2-4,6-7,12,15H,5,8-10H2,1H3. The monoisotopic (exact) mass is 207 g/mol. The summed E-state index contributed by atoms with van der Waals surface area (Å²) in [5.74, 6) is 0. The highest BCUT2D eigenvalue weighted by Gasteiger charge is 2.30. The Morgan fingerprint density at radius 2 is 2.13 bits per heavy atom. The molecule has 1 saturated heterocycles. The van der Waals surface area contributed by atoms with Crippen LogP contribution in [0.1, 0.15) is 31.7 Å². The van der Waals surface area contributed by atoms with Gasteiger partial charge in [0.1, 0.15) is 5.67 Å². The quantitative estimate of drug-likeness (QED) is 0.803. The Balaban J connectivity index is 2.05. The fourth-order valence-corrected chi connectivity index (χ4v) is 2.30. The Hall–Kier alpha value is -0.890. The van der Waals surface area contributed by atoms with E-state index in [0.29, 0.717) is 12.5 Å². The van der Waals surface area contributed by atoms with Gasteiger partial charge in [-0.2, -0.15) is 0 Å². The molecule has 2 rings (SSSR count). The molecule has 2 unspecified atom stereocenters. The average molecular weight is 207 g/mol. The SMILES string of the molecule is CC(F)(CC1CCCN1)c1ccccc1. The van der Waals surface area contributed by atoms with E-state index in [0.717, 1.165) is 18.5 Å². The van der Waals surface area contributed by atoms with Crippen molar-refractivity contribution in [2.24, 2.45) is 0 Å². The van der Waals surface area contributed by atoms with E-state index in [1.807, 2.05) is 30.3 Å². The molecule has 82 valence electrons. The van der Waals surface area contributed by atoms with Gasteiger partial charge in [0.05, 0.1) is 0 Å². The third kappa shape index (κ3) is 2.57. The largest absolute Gasteiger partial charge is 0.314 e. The molecule has 1 N–H and O–H groups in total. The Morgan fingerprint density at radius 3 is 2.73 bits per heavy atom. The van der Waals surface area contributed by atoms with Crippen molar-refractivity contribution in [3.63, 3.8) is 0 Å². The van der Waals surface area contributed by atoms with Crippen LogP contribution >= 0.6 is 0 Å². The zero-order valence-electron chi connectivity index (χ0n) is 9.17. The predicted molar refractivity (Wildman–Crippen MR) is 60.5 cm³/mol. The van der Waals surface area contributed by atoms with Gasteiger partial charge in [0.2, 0.25) is 0 Å². The van der Waals surface area contributed by atoms with E-state index in [2.05, 4.69) is 5.32 Å². The Kier molecular flexibility index (Phi) is 3.06. The fraction of sp³-hybridized carbons (Fsp3) is 0.538. The molecule has 0 aliphatic carbocycles. The van der Waals surface area contributed by atoms with E-state index in [4.69, 9.17) is 0 Å². The molecule has 0 saturated carbocycles. The van der Waals surface area contributed by atoms with Gasteiger partial charge < -0.3 is 5.32 Å². The maximum absolute atomic E-state index is 14.4. The van der Waals surface area contributed by atoms with E-state index in [-0.39, 0.29) is 0 Å². The van der Waals surface area contributed by atoms with Gasteiger partial charge in [-0.1, -0.05) is 30.3 Å². The zero-order valence-corrected chi connectivity index (χ0v) is 9.17. The molecule has 0 bridgehead atoms. The highest BCUT2D eigenvalue weighted by molar-refractivity contribution is 5.21. The van der Waals surface area contributed by atoms with Gasteiger partial charge in [-0.15, -0.1) is 0 Å². The van der Waals surface area contributed by atoms with Crippen LogP contribution in [0.4, 0.5) is 4.39 Å².